The van der Waals surface area contributed by atoms with Crippen molar-refractivity contribution >= 4 is 52.8 Å². The molecule has 9 heteroatoms. The summed E-state index contributed by atoms with van der Waals surface area (Å²) < 4.78 is 11.7. The van der Waals surface area contributed by atoms with E-state index >= 15 is 0 Å². The number of rotatable bonds is 7. The van der Waals surface area contributed by atoms with E-state index in [1.165, 1.54) is 6.08 Å². The van der Waals surface area contributed by atoms with Crippen LogP contribution in [0, 0.1) is 13.8 Å². The number of ether oxygens (including phenoxy) is 2. The summed E-state index contributed by atoms with van der Waals surface area (Å²) in [5.41, 5.74) is 3.23. The minimum atomic E-state index is -0.793. The number of urea groups is 1. The van der Waals surface area contributed by atoms with Gasteiger partial charge in [0.05, 0.1) is 12.3 Å². The Kier molecular flexibility index (Phi) is 7.86. The van der Waals surface area contributed by atoms with Crippen molar-refractivity contribution in [3.8, 4) is 11.5 Å². The van der Waals surface area contributed by atoms with Gasteiger partial charge in [0.2, 0.25) is 0 Å². The largest absolute Gasteiger partial charge is 0.490 e. The molecule has 3 aromatic carbocycles. The molecule has 1 heterocycles. The highest BCUT2D eigenvalue weighted by atomic mass is 35.5. The minimum Gasteiger partial charge on any atom is -0.490 e. The zero-order valence-corrected chi connectivity index (χ0v) is 21.9. The molecule has 4 amide bonds. The smallest absolute Gasteiger partial charge is 0.335 e. The van der Waals surface area contributed by atoms with Crippen molar-refractivity contribution in [3.05, 3.63) is 92.5 Å². The molecule has 1 aliphatic heterocycles. The number of carbonyl (C=O) groups excluding carboxylic acids is 3. The van der Waals surface area contributed by atoms with Crippen molar-refractivity contribution in [2.24, 2.45) is 0 Å². The zero-order valence-electron chi connectivity index (χ0n) is 20.4. The van der Waals surface area contributed by atoms with Gasteiger partial charge in [-0.15, -0.1) is 0 Å². The van der Waals surface area contributed by atoms with Crippen LogP contribution in [0.4, 0.5) is 10.5 Å². The van der Waals surface area contributed by atoms with Gasteiger partial charge in [-0.2, -0.15) is 0 Å². The highest BCUT2D eigenvalue weighted by molar-refractivity contribution is 6.39. The number of amides is 4. The first-order valence-electron chi connectivity index (χ1n) is 11.5. The Balaban J connectivity index is 1.63. The van der Waals surface area contributed by atoms with Crippen molar-refractivity contribution in [3.63, 3.8) is 0 Å². The summed E-state index contributed by atoms with van der Waals surface area (Å²) in [6, 6.07) is 14.7. The van der Waals surface area contributed by atoms with Gasteiger partial charge in [-0.3, -0.25) is 14.9 Å². The Morgan fingerprint density at radius 1 is 0.919 bits per heavy atom. The number of nitrogens with zero attached hydrogens (tertiary/aromatic N) is 1. The molecule has 3 aromatic rings. The van der Waals surface area contributed by atoms with E-state index < -0.39 is 17.8 Å². The van der Waals surface area contributed by atoms with Gasteiger partial charge in [0, 0.05) is 15.6 Å². The first-order valence-corrected chi connectivity index (χ1v) is 12.3. The normalized spacial score (nSPS) is 14.7. The number of carbonyl (C=O) groups is 3. The fourth-order valence-electron chi connectivity index (χ4n) is 3.90. The molecule has 0 saturated carbocycles. The minimum absolute atomic E-state index is 0.177. The van der Waals surface area contributed by atoms with Crippen molar-refractivity contribution < 1.29 is 23.9 Å². The Bertz CT molecular complexity index is 1430. The SMILES string of the molecule is CCOc1cc(/C=C2\C(=O)NC(=O)N(c3ccc(C)cc3C)C2=O)ccc1OCc1ccc(Cl)cc1Cl. The molecule has 0 aliphatic carbocycles. The molecule has 0 spiro atoms. The molecule has 190 valence electrons. The second-order valence-electron chi connectivity index (χ2n) is 8.41. The number of hydrogen-bond donors (Lipinski definition) is 1. The molecule has 7 nitrogen and oxygen atoms in total. The molecule has 1 aliphatic rings. The van der Waals surface area contributed by atoms with Crippen LogP contribution in [0.1, 0.15) is 29.2 Å². The van der Waals surface area contributed by atoms with Crippen LogP contribution >= 0.6 is 23.2 Å². The summed E-state index contributed by atoms with van der Waals surface area (Å²) in [6.07, 6.45) is 1.42. The van der Waals surface area contributed by atoms with E-state index in [0.29, 0.717) is 39.4 Å². The number of barbiturate groups is 1. The topological polar surface area (TPSA) is 84.9 Å². The average Bonchev–Trinajstić information content (AvgIpc) is 2.83. The molecule has 0 radical (unpaired) electrons. The fraction of sp³-hybridized carbons (Fsp3) is 0.179. The zero-order chi connectivity index (χ0) is 26.7. The van der Waals surface area contributed by atoms with Crippen LogP contribution in [0.25, 0.3) is 6.08 Å². The van der Waals surface area contributed by atoms with E-state index in [1.807, 2.05) is 19.9 Å². The maximum absolute atomic E-state index is 13.3. The predicted octanol–water partition coefficient (Wildman–Crippen LogP) is 6.25. The lowest BCUT2D eigenvalue weighted by Crippen LogP contribution is -2.54. The second-order valence-corrected chi connectivity index (χ2v) is 9.26. The van der Waals surface area contributed by atoms with Gasteiger partial charge in [0.25, 0.3) is 11.8 Å². The maximum Gasteiger partial charge on any atom is 0.335 e. The van der Waals surface area contributed by atoms with Crippen LogP contribution in [-0.4, -0.2) is 24.5 Å². The second kappa shape index (κ2) is 11.1. The van der Waals surface area contributed by atoms with Crippen molar-refractivity contribution in [2.75, 3.05) is 11.5 Å². The van der Waals surface area contributed by atoms with Crippen molar-refractivity contribution in [2.45, 2.75) is 27.4 Å². The summed E-state index contributed by atoms with van der Waals surface area (Å²) in [7, 11) is 0. The third-order valence-corrected chi connectivity index (χ3v) is 6.26. The number of aryl methyl sites for hydroxylation is 2. The Labute approximate surface area is 224 Å². The Morgan fingerprint density at radius 2 is 1.70 bits per heavy atom. The highest BCUT2D eigenvalue weighted by Gasteiger charge is 2.37. The molecule has 1 saturated heterocycles. The summed E-state index contributed by atoms with van der Waals surface area (Å²) in [6.45, 7) is 6.09. The van der Waals surface area contributed by atoms with Crippen LogP contribution in [0.2, 0.25) is 10.0 Å². The summed E-state index contributed by atoms with van der Waals surface area (Å²) >= 11 is 12.2. The highest BCUT2D eigenvalue weighted by Crippen LogP contribution is 2.32. The molecule has 0 aromatic heterocycles. The van der Waals surface area contributed by atoms with Crippen LogP contribution in [-0.2, 0) is 16.2 Å². The summed E-state index contributed by atoms with van der Waals surface area (Å²) in [5.74, 6) is -0.600. The van der Waals surface area contributed by atoms with Crippen LogP contribution in [0.15, 0.2) is 60.2 Å². The standard InChI is InChI=1S/C28H24Cl2N2O5/c1-4-36-25-13-18(6-10-24(25)37-15-19-7-8-20(29)14-22(19)30)12-21-26(33)31-28(35)32(27(21)34)23-9-5-16(2)11-17(23)3/h5-14H,4,15H2,1-3H3,(H,31,33,35)/b21-12+. The molecule has 0 bridgehead atoms. The maximum atomic E-state index is 13.3. The van der Waals surface area contributed by atoms with Gasteiger partial charge >= 0.3 is 6.03 Å². The van der Waals surface area contributed by atoms with Gasteiger partial charge < -0.3 is 9.47 Å². The lowest BCUT2D eigenvalue weighted by Gasteiger charge is -2.27. The van der Waals surface area contributed by atoms with Crippen LogP contribution in [0.5, 0.6) is 11.5 Å². The first-order chi connectivity index (χ1) is 17.7. The molecular formula is C28H24Cl2N2O5. The van der Waals surface area contributed by atoms with E-state index in [9.17, 15) is 14.4 Å². The number of halogens is 2. The summed E-state index contributed by atoms with van der Waals surface area (Å²) in [4.78, 5) is 39.4. The van der Waals surface area contributed by atoms with Gasteiger partial charge in [0.15, 0.2) is 11.5 Å². The first kappa shape index (κ1) is 26.3. The van der Waals surface area contributed by atoms with Gasteiger partial charge in [-0.25, -0.2) is 9.69 Å². The monoisotopic (exact) mass is 538 g/mol. The Hall–Kier alpha value is -3.81. The van der Waals surface area contributed by atoms with E-state index in [0.717, 1.165) is 21.6 Å². The van der Waals surface area contributed by atoms with Crippen LogP contribution < -0.4 is 19.7 Å². The van der Waals surface area contributed by atoms with Crippen molar-refractivity contribution in [1.29, 1.82) is 0 Å². The molecule has 0 atom stereocenters. The average molecular weight is 539 g/mol. The number of benzene rings is 3. The van der Waals surface area contributed by atoms with E-state index in [1.54, 1.807) is 55.5 Å². The predicted molar refractivity (Wildman–Crippen MR) is 143 cm³/mol. The van der Waals surface area contributed by atoms with E-state index in [-0.39, 0.29) is 12.2 Å². The number of nitrogens with one attached hydrogen (secondary N) is 1. The quantitative estimate of drug-likeness (QED) is 0.283. The Morgan fingerprint density at radius 3 is 2.41 bits per heavy atom. The van der Waals surface area contributed by atoms with Crippen LogP contribution in [0.3, 0.4) is 0 Å². The fourth-order valence-corrected chi connectivity index (χ4v) is 4.36. The third kappa shape index (κ3) is 5.79. The molecule has 37 heavy (non-hydrogen) atoms. The van der Waals surface area contributed by atoms with Gasteiger partial charge in [-0.1, -0.05) is 53.0 Å². The number of imide groups is 2. The third-order valence-electron chi connectivity index (χ3n) is 5.67. The molecule has 1 fully saturated rings. The number of anilines is 1. The lowest BCUT2D eigenvalue weighted by molar-refractivity contribution is -0.122. The summed E-state index contributed by atoms with van der Waals surface area (Å²) in [5, 5.41) is 3.26. The molecule has 4 rings (SSSR count). The number of hydrogen-bond acceptors (Lipinski definition) is 5. The van der Waals surface area contributed by atoms with E-state index in [2.05, 4.69) is 5.32 Å². The van der Waals surface area contributed by atoms with E-state index in [4.69, 9.17) is 32.7 Å². The lowest BCUT2D eigenvalue weighted by atomic mass is 10.0. The van der Waals surface area contributed by atoms with Gasteiger partial charge in [-0.05, 0) is 68.3 Å². The molecule has 1 N–H and O–H groups in total. The van der Waals surface area contributed by atoms with Crippen molar-refractivity contribution in [1.82, 2.24) is 5.32 Å². The molecular weight excluding hydrogens is 515 g/mol. The van der Waals surface area contributed by atoms with Gasteiger partial charge in [0.1, 0.15) is 12.2 Å². The molecule has 0 unspecified atom stereocenters.